The van der Waals surface area contributed by atoms with Crippen LogP contribution in [-0.4, -0.2) is 37.1 Å². The molecular formula is C26H25ClN2O8S. The number of amides is 2. The number of rotatable bonds is 7. The molecule has 12 heteroatoms. The highest BCUT2D eigenvalue weighted by Crippen LogP contribution is 2.25. The van der Waals surface area contributed by atoms with E-state index >= 15 is 0 Å². The van der Waals surface area contributed by atoms with Gasteiger partial charge in [0.2, 0.25) is 0 Å². The minimum Gasteiger partial charge on any atom is -0.507 e. The van der Waals surface area contributed by atoms with Gasteiger partial charge in [-0.3, -0.25) is 0 Å². The van der Waals surface area contributed by atoms with Crippen molar-refractivity contribution in [2.75, 3.05) is 5.32 Å². The van der Waals surface area contributed by atoms with Crippen molar-refractivity contribution in [3.8, 4) is 5.75 Å². The predicted molar refractivity (Wildman–Crippen MR) is 140 cm³/mol. The van der Waals surface area contributed by atoms with E-state index in [9.17, 15) is 27.9 Å². The number of sulfonamides is 1. The molecule has 200 valence electrons. The van der Waals surface area contributed by atoms with Crippen LogP contribution in [0.25, 0.3) is 0 Å². The standard InChI is InChI=1S/C26H25ClN2O8S/c1-26(2,3)37-24(32)20-14-18(10-12-22(20)30)38(34,35)29-25(33)28-21-13-17(27)9-11-19(21)23(31)36-15-16-7-5-4-6-8-16/h4-14,30H,15H2,1-3H3,(H2,28,29,33). The largest absolute Gasteiger partial charge is 0.507 e. The lowest BCUT2D eigenvalue weighted by atomic mass is 10.1. The number of phenols is 1. The van der Waals surface area contributed by atoms with E-state index in [2.05, 4.69) is 5.32 Å². The highest BCUT2D eigenvalue weighted by atomic mass is 35.5. The Labute approximate surface area is 224 Å². The number of carbonyl (C=O) groups excluding carboxylic acids is 3. The fraction of sp³-hybridized carbons (Fsp3) is 0.192. The van der Waals surface area contributed by atoms with Crippen molar-refractivity contribution in [3.63, 3.8) is 0 Å². The lowest BCUT2D eigenvalue weighted by molar-refractivity contribution is 0.00662. The molecule has 3 aromatic rings. The van der Waals surface area contributed by atoms with Crippen LogP contribution in [-0.2, 0) is 26.1 Å². The van der Waals surface area contributed by atoms with Crippen molar-refractivity contribution in [3.05, 3.63) is 88.4 Å². The first-order valence-electron chi connectivity index (χ1n) is 11.2. The molecule has 38 heavy (non-hydrogen) atoms. The van der Waals surface area contributed by atoms with E-state index in [1.165, 1.54) is 18.2 Å². The van der Waals surface area contributed by atoms with E-state index in [1.54, 1.807) is 49.8 Å². The van der Waals surface area contributed by atoms with Gasteiger partial charge in [-0.2, -0.15) is 0 Å². The number of nitrogens with one attached hydrogen (secondary N) is 2. The summed E-state index contributed by atoms with van der Waals surface area (Å²) >= 11 is 6.00. The molecule has 2 amide bonds. The number of phenolic OH excluding ortho intramolecular Hbond substituents is 1. The van der Waals surface area contributed by atoms with Crippen LogP contribution in [0.5, 0.6) is 5.75 Å². The first-order chi connectivity index (χ1) is 17.7. The van der Waals surface area contributed by atoms with Crippen LogP contribution in [0.3, 0.4) is 0 Å². The second kappa shape index (κ2) is 11.5. The molecule has 0 aliphatic carbocycles. The van der Waals surface area contributed by atoms with Gasteiger partial charge in [0, 0.05) is 5.02 Å². The first kappa shape index (κ1) is 28.5. The lowest BCUT2D eigenvalue weighted by Gasteiger charge is -2.20. The van der Waals surface area contributed by atoms with Gasteiger partial charge >= 0.3 is 18.0 Å². The van der Waals surface area contributed by atoms with Crippen molar-refractivity contribution in [1.29, 1.82) is 0 Å². The molecule has 0 aliphatic heterocycles. The van der Waals surface area contributed by atoms with Gasteiger partial charge in [0.1, 0.15) is 23.5 Å². The second-order valence-corrected chi connectivity index (χ2v) is 11.1. The summed E-state index contributed by atoms with van der Waals surface area (Å²) in [5, 5.41) is 12.5. The zero-order valence-corrected chi connectivity index (χ0v) is 22.2. The maximum Gasteiger partial charge on any atom is 0.342 e. The minimum absolute atomic E-state index is 0.0247. The second-order valence-electron chi connectivity index (χ2n) is 8.99. The Balaban J connectivity index is 1.77. The number of esters is 2. The molecule has 3 N–H and O–H groups in total. The summed E-state index contributed by atoms with van der Waals surface area (Å²) in [6.45, 7) is 4.80. The highest BCUT2D eigenvalue weighted by molar-refractivity contribution is 7.90. The summed E-state index contributed by atoms with van der Waals surface area (Å²) in [5.41, 5.74) is -0.708. The number of ether oxygens (including phenoxy) is 2. The molecular weight excluding hydrogens is 536 g/mol. The quantitative estimate of drug-likeness (QED) is 0.347. The summed E-state index contributed by atoms with van der Waals surface area (Å²) in [5.74, 6) is -2.22. The number of carbonyl (C=O) groups is 3. The van der Waals surface area contributed by atoms with E-state index in [4.69, 9.17) is 21.1 Å². The first-order valence-corrected chi connectivity index (χ1v) is 13.0. The molecule has 0 bridgehead atoms. The molecule has 0 fully saturated rings. The topological polar surface area (TPSA) is 148 Å². The maximum atomic E-state index is 12.8. The Hall–Kier alpha value is -4.09. The summed E-state index contributed by atoms with van der Waals surface area (Å²) in [4.78, 5) is 37.1. The molecule has 0 atom stereocenters. The summed E-state index contributed by atoms with van der Waals surface area (Å²) < 4.78 is 37.9. The third-order valence-corrected chi connectivity index (χ3v) is 6.35. The fourth-order valence-electron chi connectivity index (χ4n) is 3.11. The molecule has 3 aromatic carbocycles. The van der Waals surface area contributed by atoms with Crippen molar-refractivity contribution in [1.82, 2.24) is 4.72 Å². The van der Waals surface area contributed by atoms with Crippen LogP contribution in [0.1, 0.15) is 47.1 Å². The lowest BCUT2D eigenvalue weighted by Crippen LogP contribution is -2.35. The molecule has 0 radical (unpaired) electrons. The Kier molecular flexibility index (Phi) is 8.64. The minimum atomic E-state index is -4.52. The smallest absolute Gasteiger partial charge is 0.342 e. The van der Waals surface area contributed by atoms with Crippen molar-refractivity contribution in [2.24, 2.45) is 0 Å². The van der Waals surface area contributed by atoms with Crippen LogP contribution >= 0.6 is 11.6 Å². The van der Waals surface area contributed by atoms with Gasteiger partial charge in [-0.25, -0.2) is 27.5 Å². The molecule has 0 unspecified atom stereocenters. The number of anilines is 1. The van der Waals surface area contributed by atoms with E-state index in [-0.39, 0.29) is 22.9 Å². The van der Waals surface area contributed by atoms with Crippen molar-refractivity contribution >= 4 is 45.3 Å². The third-order valence-electron chi connectivity index (χ3n) is 4.79. The van der Waals surface area contributed by atoms with Crippen molar-refractivity contribution < 1.29 is 37.4 Å². The molecule has 0 aromatic heterocycles. The van der Waals surface area contributed by atoms with Gasteiger partial charge in [0.05, 0.1) is 16.1 Å². The third kappa shape index (κ3) is 7.70. The molecule has 3 rings (SSSR count). The zero-order valence-electron chi connectivity index (χ0n) is 20.6. The number of aromatic hydroxyl groups is 1. The van der Waals surface area contributed by atoms with Gasteiger partial charge in [-0.05, 0) is 62.7 Å². The van der Waals surface area contributed by atoms with Crippen LogP contribution in [0.2, 0.25) is 5.02 Å². The summed E-state index contributed by atoms with van der Waals surface area (Å²) in [6.07, 6.45) is 0. The number of urea groups is 1. The molecule has 0 heterocycles. The average molecular weight is 561 g/mol. The van der Waals surface area contributed by atoms with E-state index in [1.807, 2.05) is 6.07 Å². The van der Waals surface area contributed by atoms with Gasteiger partial charge in [0.25, 0.3) is 10.0 Å². The van der Waals surface area contributed by atoms with E-state index < -0.39 is 49.8 Å². The van der Waals surface area contributed by atoms with Gasteiger partial charge in [0.15, 0.2) is 0 Å². The predicted octanol–water partition coefficient (Wildman–Crippen LogP) is 4.87. The van der Waals surface area contributed by atoms with Crippen LogP contribution < -0.4 is 10.0 Å². The van der Waals surface area contributed by atoms with E-state index in [0.717, 1.165) is 23.8 Å². The summed E-state index contributed by atoms with van der Waals surface area (Å²) in [7, 11) is -4.52. The average Bonchev–Trinajstić information content (AvgIpc) is 2.82. The van der Waals surface area contributed by atoms with Gasteiger partial charge < -0.3 is 19.9 Å². The highest BCUT2D eigenvalue weighted by Gasteiger charge is 2.25. The summed E-state index contributed by atoms with van der Waals surface area (Å²) in [6, 6.07) is 14.6. The Morgan fingerprint density at radius 3 is 2.26 bits per heavy atom. The Morgan fingerprint density at radius 1 is 0.921 bits per heavy atom. The molecule has 0 aliphatic rings. The van der Waals surface area contributed by atoms with Crippen molar-refractivity contribution in [2.45, 2.75) is 37.9 Å². The SMILES string of the molecule is CC(C)(C)OC(=O)c1cc(S(=O)(=O)NC(=O)Nc2cc(Cl)ccc2C(=O)OCc2ccccc2)ccc1O. The number of hydrogen-bond acceptors (Lipinski definition) is 8. The van der Waals surface area contributed by atoms with Gasteiger partial charge in [-0.15, -0.1) is 0 Å². The molecule has 10 nitrogen and oxygen atoms in total. The molecule has 0 saturated heterocycles. The molecule has 0 spiro atoms. The van der Waals surface area contributed by atoms with E-state index in [0.29, 0.717) is 0 Å². The Morgan fingerprint density at radius 2 is 1.61 bits per heavy atom. The normalized spacial score (nSPS) is 11.4. The monoisotopic (exact) mass is 560 g/mol. The van der Waals surface area contributed by atoms with Crippen LogP contribution in [0.4, 0.5) is 10.5 Å². The Bertz CT molecular complexity index is 1470. The fourth-order valence-corrected chi connectivity index (χ4v) is 4.21. The number of hydrogen-bond donors (Lipinski definition) is 3. The maximum absolute atomic E-state index is 12.8. The number of benzene rings is 3. The van der Waals surface area contributed by atoms with Gasteiger partial charge in [-0.1, -0.05) is 41.9 Å². The van der Waals surface area contributed by atoms with Crippen LogP contribution in [0.15, 0.2) is 71.6 Å². The van der Waals surface area contributed by atoms with Crippen LogP contribution in [0, 0.1) is 0 Å². The molecule has 0 saturated carbocycles. The zero-order chi connectivity index (χ0) is 28.1. The number of halogens is 1.